The van der Waals surface area contributed by atoms with Crippen LogP contribution in [0.15, 0.2) is 30.3 Å². The van der Waals surface area contributed by atoms with Crippen LogP contribution in [0.3, 0.4) is 0 Å². The standard InChI is InChI=1S/C11H12N6O2/c18-10(12-6-9-14-16-17-15-9)7-13-11(19)8-4-2-1-3-5-8/h1-5H,6-7H2,(H,12,18)(H,13,19)(H,14,15,16,17). The number of nitrogens with one attached hydrogen (secondary N) is 3. The Labute approximate surface area is 108 Å². The van der Waals surface area contributed by atoms with Crippen LogP contribution >= 0.6 is 0 Å². The Morgan fingerprint density at radius 3 is 2.63 bits per heavy atom. The van der Waals surface area contributed by atoms with E-state index in [1.165, 1.54) is 0 Å². The van der Waals surface area contributed by atoms with Crippen LogP contribution in [-0.4, -0.2) is 39.0 Å². The molecular weight excluding hydrogens is 248 g/mol. The third-order valence-electron chi connectivity index (χ3n) is 2.28. The molecule has 0 aliphatic heterocycles. The predicted octanol–water partition coefficient (Wildman–Crippen LogP) is -0.754. The first-order valence-corrected chi connectivity index (χ1v) is 5.58. The maximum Gasteiger partial charge on any atom is 0.251 e. The van der Waals surface area contributed by atoms with Crippen LogP contribution in [0.4, 0.5) is 0 Å². The molecule has 0 aliphatic carbocycles. The lowest BCUT2D eigenvalue weighted by atomic mass is 10.2. The molecule has 1 aromatic heterocycles. The highest BCUT2D eigenvalue weighted by molar-refractivity contribution is 5.96. The molecule has 1 heterocycles. The number of tetrazole rings is 1. The molecule has 0 saturated carbocycles. The maximum atomic E-state index is 11.7. The summed E-state index contributed by atoms with van der Waals surface area (Å²) in [7, 11) is 0. The van der Waals surface area contributed by atoms with Crippen LogP contribution < -0.4 is 10.6 Å². The summed E-state index contributed by atoms with van der Waals surface area (Å²) in [6, 6.07) is 8.67. The summed E-state index contributed by atoms with van der Waals surface area (Å²) in [4.78, 5) is 23.1. The number of carbonyl (C=O) groups is 2. The molecule has 0 bridgehead atoms. The Hall–Kier alpha value is -2.77. The number of H-pyrrole nitrogens is 1. The monoisotopic (exact) mass is 260 g/mol. The normalized spacial score (nSPS) is 9.89. The van der Waals surface area contributed by atoms with Gasteiger partial charge >= 0.3 is 0 Å². The lowest BCUT2D eigenvalue weighted by Crippen LogP contribution is -2.36. The minimum Gasteiger partial charge on any atom is -0.347 e. The summed E-state index contributed by atoms with van der Waals surface area (Å²) < 4.78 is 0. The summed E-state index contributed by atoms with van der Waals surface area (Å²) in [5.41, 5.74) is 0.508. The topological polar surface area (TPSA) is 113 Å². The summed E-state index contributed by atoms with van der Waals surface area (Å²) in [6.07, 6.45) is 0. The van der Waals surface area contributed by atoms with Gasteiger partial charge in [-0.3, -0.25) is 9.59 Å². The van der Waals surface area contributed by atoms with Crippen LogP contribution in [0.5, 0.6) is 0 Å². The number of nitrogens with zero attached hydrogens (tertiary/aromatic N) is 3. The van der Waals surface area contributed by atoms with Crippen molar-refractivity contribution in [3.63, 3.8) is 0 Å². The van der Waals surface area contributed by atoms with Gasteiger partial charge in [-0.25, -0.2) is 0 Å². The minimum atomic E-state index is -0.325. The average Bonchev–Trinajstić information content (AvgIpc) is 2.96. The van der Waals surface area contributed by atoms with E-state index in [0.29, 0.717) is 11.4 Å². The van der Waals surface area contributed by atoms with Gasteiger partial charge in [0.05, 0.1) is 13.1 Å². The van der Waals surface area contributed by atoms with Gasteiger partial charge in [-0.2, -0.15) is 5.21 Å². The Kier molecular flexibility index (Phi) is 4.17. The number of hydrogen-bond donors (Lipinski definition) is 3. The number of rotatable bonds is 5. The molecule has 0 fully saturated rings. The molecule has 3 N–H and O–H groups in total. The number of benzene rings is 1. The summed E-state index contributed by atoms with van der Waals surface area (Å²) >= 11 is 0. The number of aromatic amines is 1. The Bertz CT molecular complexity index is 540. The van der Waals surface area contributed by atoms with Crippen LogP contribution in [0.2, 0.25) is 0 Å². The zero-order valence-electron chi connectivity index (χ0n) is 9.96. The Morgan fingerprint density at radius 2 is 1.95 bits per heavy atom. The largest absolute Gasteiger partial charge is 0.347 e. The fraction of sp³-hybridized carbons (Fsp3) is 0.182. The van der Waals surface area contributed by atoms with Gasteiger partial charge in [0.25, 0.3) is 5.91 Å². The first-order valence-electron chi connectivity index (χ1n) is 5.58. The van der Waals surface area contributed by atoms with Gasteiger partial charge in [0.2, 0.25) is 5.91 Å². The minimum absolute atomic E-state index is 0.106. The molecule has 8 nitrogen and oxygen atoms in total. The summed E-state index contributed by atoms with van der Waals surface area (Å²) in [5, 5.41) is 18.1. The third kappa shape index (κ3) is 3.87. The van der Waals surface area contributed by atoms with Crippen molar-refractivity contribution in [1.82, 2.24) is 31.3 Å². The highest BCUT2D eigenvalue weighted by atomic mass is 16.2. The molecule has 1 aromatic carbocycles. The van der Waals surface area contributed by atoms with Crippen molar-refractivity contribution in [1.29, 1.82) is 0 Å². The fourth-order valence-corrected chi connectivity index (χ4v) is 1.35. The first kappa shape index (κ1) is 12.7. The smallest absolute Gasteiger partial charge is 0.251 e. The number of aromatic nitrogens is 4. The molecule has 19 heavy (non-hydrogen) atoms. The van der Waals surface area contributed by atoms with E-state index in [4.69, 9.17) is 0 Å². The number of amides is 2. The SMILES string of the molecule is O=C(CNC(=O)c1ccccc1)NCc1nn[nH]n1. The van der Waals surface area contributed by atoms with E-state index < -0.39 is 0 Å². The molecule has 0 aliphatic rings. The molecular formula is C11H12N6O2. The number of carbonyl (C=O) groups excluding carboxylic acids is 2. The van der Waals surface area contributed by atoms with Gasteiger partial charge < -0.3 is 10.6 Å². The van der Waals surface area contributed by atoms with Crippen molar-refractivity contribution in [2.75, 3.05) is 6.54 Å². The van der Waals surface area contributed by atoms with Crippen LogP contribution in [0.1, 0.15) is 16.2 Å². The van der Waals surface area contributed by atoms with Crippen LogP contribution in [-0.2, 0) is 11.3 Å². The molecule has 0 radical (unpaired) electrons. The summed E-state index contributed by atoms with van der Waals surface area (Å²) in [5.74, 6) is -0.243. The van der Waals surface area contributed by atoms with Crippen molar-refractivity contribution >= 4 is 11.8 Å². The van der Waals surface area contributed by atoms with E-state index in [9.17, 15) is 9.59 Å². The van der Waals surface area contributed by atoms with Gasteiger partial charge in [-0.05, 0) is 12.1 Å². The van der Waals surface area contributed by atoms with Crippen molar-refractivity contribution in [2.24, 2.45) is 0 Å². The second kappa shape index (κ2) is 6.24. The lowest BCUT2D eigenvalue weighted by molar-refractivity contribution is -0.120. The fourth-order valence-electron chi connectivity index (χ4n) is 1.35. The van der Waals surface area contributed by atoms with Gasteiger partial charge in [0.15, 0.2) is 5.82 Å². The predicted molar refractivity (Wildman–Crippen MR) is 64.8 cm³/mol. The van der Waals surface area contributed by atoms with Gasteiger partial charge in [-0.1, -0.05) is 23.4 Å². The Balaban J connectivity index is 1.73. The highest BCUT2D eigenvalue weighted by Gasteiger charge is 2.07. The van der Waals surface area contributed by atoms with Crippen molar-refractivity contribution < 1.29 is 9.59 Å². The van der Waals surface area contributed by atoms with Crippen molar-refractivity contribution in [2.45, 2.75) is 6.54 Å². The number of hydrogen-bond acceptors (Lipinski definition) is 5. The Morgan fingerprint density at radius 1 is 1.16 bits per heavy atom. The zero-order valence-corrected chi connectivity index (χ0v) is 9.96. The quantitative estimate of drug-likeness (QED) is 0.654. The van der Waals surface area contributed by atoms with E-state index in [-0.39, 0.29) is 24.9 Å². The second-order valence-corrected chi connectivity index (χ2v) is 3.65. The lowest BCUT2D eigenvalue weighted by Gasteiger charge is -2.05. The van der Waals surface area contributed by atoms with E-state index >= 15 is 0 Å². The van der Waals surface area contributed by atoms with Crippen LogP contribution in [0.25, 0.3) is 0 Å². The molecule has 0 unspecified atom stereocenters. The van der Waals surface area contributed by atoms with Crippen LogP contribution in [0, 0.1) is 0 Å². The average molecular weight is 260 g/mol. The maximum absolute atomic E-state index is 11.7. The van der Waals surface area contributed by atoms with E-state index in [2.05, 4.69) is 31.3 Å². The van der Waals surface area contributed by atoms with E-state index in [0.717, 1.165) is 0 Å². The van der Waals surface area contributed by atoms with Crippen molar-refractivity contribution in [3.8, 4) is 0 Å². The summed E-state index contributed by atoms with van der Waals surface area (Å²) in [6.45, 7) is 0.0577. The van der Waals surface area contributed by atoms with E-state index in [1.807, 2.05) is 6.07 Å². The first-order chi connectivity index (χ1) is 9.25. The van der Waals surface area contributed by atoms with Crippen molar-refractivity contribution in [3.05, 3.63) is 41.7 Å². The molecule has 2 amide bonds. The molecule has 98 valence electrons. The third-order valence-corrected chi connectivity index (χ3v) is 2.28. The van der Waals surface area contributed by atoms with Gasteiger partial charge in [0.1, 0.15) is 0 Å². The molecule has 8 heteroatoms. The highest BCUT2D eigenvalue weighted by Crippen LogP contribution is 1.97. The molecule has 2 rings (SSSR count). The zero-order chi connectivity index (χ0) is 13.5. The second-order valence-electron chi connectivity index (χ2n) is 3.65. The van der Waals surface area contributed by atoms with Gasteiger partial charge in [0, 0.05) is 5.56 Å². The van der Waals surface area contributed by atoms with E-state index in [1.54, 1.807) is 24.3 Å². The molecule has 0 spiro atoms. The molecule has 0 saturated heterocycles. The molecule has 2 aromatic rings. The van der Waals surface area contributed by atoms with Gasteiger partial charge in [-0.15, -0.1) is 10.2 Å². The molecule has 0 atom stereocenters.